The molecule has 0 unspecified atom stereocenters. The Hall–Kier alpha value is -1.65. The number of carbonyl (C=O) groups is 1. The van der Waals surface area contributed by atoms with Crippen LogP contribution >= 0.6 is 0 Å². The molecular weight excluding hydrogens is 228 g/mol. The van der Waals surface area contributed by atoms with Crippen LogP contribution in [0.15, 0.2) is 12.1 Å². The molecule has 0 amide bonds. The minimum Gasteiger partial charge on any atom is -0.478 e. The third-order valence-electron chi connectivity index (χ3n) is 2.57. The molecule has 1 aromatic carbocycles. The van der Waals surface area contributed by atoms with Crippen molar-refractivity contribution >= 4 is 11.7 Å². The molecule has 1 N–H and O–H groups in total. The van der Waals surface area contributed by atoms with Gasteiger partial charge in [-0.25, -0.2) is 13.6 Å². The van der Waals surface area contributed by atoms with Gasteiger partial charge in [0, 0.05) is 12.6 Å². The summed E-state index contributed by atoms with van der Waals surface area (Å²) in [5, 5.41) is 8.67. The second-order valence-corrected chi connectivity index (χ2v) is 3.95. The molecule has 0 aliphatic heterocycles. The summed E-state index contributed by atoms with van der Waals surface area (Å²) < 4.78 is 27.2. The van der Waals surface area contributed by atoms with Crippen LogP contribution in [-0.4, -0.2) is 23.7 Å². The summed E-state index contributed by atoms with van der Waals surface area (Å²) in [7, 11) is 0. The third-order valence-corrected chi connectivity index (χ3v) is 2.57. The zero-order valence-corrected chi connectivity index (χ0v) is 10.00. The first kappa shape index (κ1) is 13.4. The molecule has 0 fully saturated rings. The SMILES string of the molecule is CCN(c1ccc(C(=O)O)c(F)c1F)C(C)C. The quantitative estimate of drug-likeness (QED) is 0.883. The third kappa shape index (κ3) is 2.54. The van der Waals surface area contributed by atoms with Gasteiger partial charge in [0.05, 0.1) is 11.3 Å². The smallest absolute Gasteiger partial charge is 0.338 e. The lowest BCUT2D eigenvalue weighted by atomic mass is 10.1. The van der Waals surface area contributed by atoms with Crippen molar-refractivity contribution in [2.24, 2.45) is 0 Å². The van der Waals surface area contributed by atoms with Crippen molar-refractivity contribution < 1.29 is 18.7 Å². The number of halogens is 2. The zero-order chi connectivity index (χ0) is 13.2. The van der Waals surface area contributed by atoms with Crippen LogP contribution in [0.4, 0.5) is 14.5 Å². The number of nitrogens with zero attached hydrogens (tertiary/aromatic N) is 1. The summed E-state index contributed by atoms with van der Waals surface area (Å²) in [5.74, 6) is -3.89. The lowest BCUT2D eigenvalue weighted by Gasteiger charge is -2.28. The molecular formula is C12H15F2NO2. The van der Waals surface area contributed by atoms with E-state index in [4.69, 9.17) is 5.11 Å². The van der Waals surface area contributed by atoms with E-state index < -0.39 is 23.2 Å². The van der Waals surface area contributed by atoms with E-state index in [-0.39, 0.29) is 11.7 Å². The normalized spacial score (nSPS) is 10.7. The summed E-state index contributed by atoms with van der Waals surface area (Å²) >= 11 is 0. The highest BCUT2D eigenvalue weighted by Crippen LogP contribution is 2.25. The molecule has 1 aromatic rings. The molecule has 0 saturated heterocycles. The van der Waals surface area contributed by atoms with E-state index in [0.29, 0.717) is 6.54 Å². The van der Waals surface area contributed by atoms with Crippen LogP contribution in [0.2, 0.25) is 0 Å². The average molecular weight is 243 g/mol. The van der Waals surface area contributed by atoms with E-state index in [1.807, 2.05) is 20.8 Å². The summed E-state index contributed by atoms with van der Waals surface area (Å²) in [5.41, 5.74) is -0.559. The van der Waals surface area contributed by atoms with E-state index in [0.717, 1.165) is 6.07 Å². The molecule has 0 aromatic heterocycles. The zero-order valence-electron chi connectivity index (χ0n) is 10.00. The highest BCUT2D eigenvalue weighted by atomic mass is 19.2. The van der Waals surface area contributed by atoms with Crippen molar-refractivity contribution in [2.75, 3.05) is 11.4 Å². The first-order valence-corrected chi connectivity index (χ1v) is 5.38. The van der Waals surface area contributed by atoms with Crippen LogP contribution < -0.4 is 4.90 Å². The molecule has 0 spiro atoms. The van der Waals surface area contributed by atoms with Gasteiger partial charge in [-0.3, -0.25) is 0 Å². The van der Waals surface area contributed by atoms with Gasteiger partial charge in [-0.1, -0.05) is 0 Å². The minimum atomic E-state index is -1.47. The van der Waals surface area contributed by atoms with Gasteiger partial charge < -0.3 is 10.0 Å². The van der Waals surface area contributed by atoms with Crippen LogP contribution in [0.1, 0.15) is 31.1 Å². The molecule has 0 radical (unpaired) electrons. The number of rotatable bonds is 4. The van der Waals surface area contributed by atoms with Crippen LogP contribution in [-0.2, 0) is 0 Å². The molecule has 5 heteroatoms. The lowest BCUT2D eigenvalue weighted by molar-refractivity contribution is 0.0690. The number of hydrogen-bond acceptors (Lipinski definition) is 2. The van der Waals surface area contributed by atoms with Gasteiger partial charge >= 0.3 is 5.97 Å². The second kappa shape index (κ2) is 5.12. The first-order chi connectivity index (χ1) is 7.90. The van der Waals surface area contributed by atoms with Gasteiger partial charge in [-0.15, -0.1) is 0 Å². The van der Waals surface area contributed by atoms with Crippen LogP contribution in [0.3, 0.4) is 0 Å². The van der Waals surface area contributed by atoms with E-state index in [2.05, 4.69) is 0 Å². The monoisotopic (exact) mass is 243 g/mol. The summed E-state index contributed by atoms with van der Waals surface area (Å²) in [6.45, 7) is 6.04. The fraction of sp³-hybridized carbons (Fsp3) is 0.417. The molecule has 1 rings (SSSR count). The van der Waals surface area contributed by atoms with Crippen molar-refractivity contribution in [3.63, 3.8) is 0 Å². The molecule has 0 aliphatic rings. The number of benzene rings is 1. The Morgan fingerprint density at radius 2 is 1.94 bits per heavy atom. The van der Waals surface area contributed by atoms with Gasteiger partial charge in [0.25, 0.3) is 0 Å². The Labute approximate surface area is 98.7 Å². The molecule has 17 heavy (non-hydrogen) atoms. The molecule has 0 aliphatic carbocycles. The Balaban J connectivity index is 3.29. The van der Waals surface area contributed by atoms with Gasteiger partial charge in [0.15, 0.2) is 11.6 Å². The highest BCUT2D eigenvalue weighted by Gasteiger charge is 2.21. The number of carboxylic acids is 1. The van der Waals surface area contributed by atoms with Gasteiger partial charge in [-0.05, 0) is 32.9 Å². The Morgan fingerprint density at radius 3 is 2.35 bits per heavy atom. The van der Waals surface area contributed by atoms with Crippen molar-refractivity contribution in [3.05, 3.63) is 29.3 Å². The highest BCUT2D eigenvalue weighted by molar-refractivity contribution is 5.88. The van der Waals surface area contributed by atoms with Gasteiger partial charge in [0.2, 0.25) is 0 Å². The Morgan fingerprint density at radius 1 is 1.35 bits per heavy atom. The summed E-state index contributed by atoms with van der Waals surface area (Å²) in [6, 6.07) is 2.39. The maximum Gasteiger partial charge on any atom is 0.338 e. The summed E-state index contributed by atoms with van der Waals surface area (Å²) in [6.07, 6.45) is 0. The Kier molecular flexibility index (Phi) is 4.04. The fourth-order valence-electron chi connectivity index (χ4n) is 1.74. The fourth-order valence-corrected chi connectivity index (χ4v) is 1.74. The molecule has 94 valence electrons. The topological polar surface area (TPSA) is 40.5 Å². The van der Waals surface area contributed by atoms with Crippen LogP contribution in [0.5, 0.6) is 0 Å². The van der Waals surface area contributed by atoms with E-state index in [9.17, 15) is 13.6 Å². The van der Waals surface area contributed by atoms with E-state index in [1.165, 1.54) is 6.07 Å². The van der Waals surface area contributed by atoms with Crippen molar-refractivity contribution in [1.29, 1.82) is 0 Å². The molecule has 0 bridgehead atoms. The molecule has 3 nitrogen and oxygen atoms in total. The number of anilines is 1. The second-order valence-electron chi connectivity index (χ2n) is 3.95. The molecule has 0 heterocycles. The first-order valence-electron chi connectivity index (χ1n) is 5.38. The van der Waals surface area contributed by atoms with Gasteiger partial charge in [0.1, 0.15) is 0 Å². The largest absolute Gasteiger partial charge is 0.478 e. The van der Waals surface area contributed by atoms with Gasteiger partial charge in [-0.2, -0.15) is 0 Å². The average Bonchev–Trinajstić information content (AvgIpc) is 2.24. The Bertz CT molecular complexity index is 433. The predicted molar refractivity (Wildman–Crippen MR) is 61.5 cm³/mol. The number of hydrogen-bond donors (Lipinski definition) is 1. The number of carboxylic acid groups (broad SMARTS) is 1. The predicted octanol–water partition coefficient (Wildman–Crippen LogP) is 2.90. The van der Waals surface area contributed by atoms with Crippen molar-refractivity contribution in [3.8, 4) is 0 Å². The maximum atomic E-state index is 13.7. The van der Waals surface area contributed by atoms with E-state index >= 15 is 0 Å². The van der Waals surface area contributed by atoms with Crippen LogP contribution in [0, 0.1) is 11.6 Å². The van der Waals surface area contributed by atoms with Crippen LogP contribution in [0.25, 0.3) is 0 Å². The standard InChI is InChI=1S/C12H15F2NO2/c1-4-15(7(2)3)9-6-5-8(12(16)17)10(13)11(9)14/h5-7H,4H2,1-3H3,(H,16,17). The molecule has 0 saturated carbocycles. The maximum absolute atomic E-state index is 13.7. The van der Waals surface area contributed by atoms with Crippen molar-refractivity contribution in [2.45, 2.75) is 26.8 Å². The summed E-state index contributed by atoms with van der Waals surface area (Å²) in [4.78, 5) is 12.3. The van der Waals surface area contributed by atoms with E-state index in [1.54, 1.807) is 4.90 Å². The number of aromatic carboxylic acids is 1. The minimum absolute atomic E-state index is 0.00424. The molecule has 0 atom stereocenters. The lowest BCUT2D eigenvalue weighted by Crippen LogP contribution is -2.31. The van der Waals surface area contributed by atoms with Crippen molar-refractivity contribution in [1.82, 2.24) is 0 Å².